The van der Waals surface area contributed by atoms with Gasteiger partial charge in [0.1, 0.15) is 5.82 Å². The summed E-state index contributed by atoms with van der Waals surface area (Å²) in [7, 11) is -4.18. The van der Waals surface area contributed by atoms with E-state index in [-0.39, 0.29) is 56.8 Å². The van der Waals surface area contributed by atoms with Gasteiger partial charge in [0, 0.05) is 25.1 Å². The number of piperidine rings is 1. The molecule has 1 amide bonds. The van der Waals surface area contributed by atoms with E-state index in [4.69, 9.17) is 5.14 Å². The summed E-state index contributed by atoms with van der Waals surface area (Å²) in [5.74, 6) is -1.47. The lowest BCUT2D eigenvalue weighted by Gasteiger charge is -2.37. The summed E-state index contributed by atoms with van der Waals surface area (Å²) in [4.78, 5) is 15.2. The number of carbonyl (C=O) groups excluding carboxylic acids is 1. The van der Waals surface area contributed by atoms with Gasteiger partial charge >= 0.3 is 6.18 Å². The van der Waals surface area contributed by atoms with Crippen LogP contribution in [0.5, 0.6) is 0 Å². The van der Waals surface area contributed by atoms with E-state index in [2.05, 4.69) is 15.4 Å². The number of aromatic nitrogens is 4. The minimum Gasteiger partial charge on any atom is -0.772 e. The minimum absolute atomic E-state index is 0.00654. The summed E-state index contributed by atoms with van der Waals surface area (Å²) >= 11 is -2.74. The molecule has 3 aromatic rings. The standard InChI is InChI=1S/C25H28F4N6O5S2/c1-15-31-33-35(32-15)14-18-12-19(25(27,28)29)4-2-16(18)3-7-23(36)34-10-8-17(9-11-34)24(41(37)38)21-6-5-20(13-22(21)26)42(30,39)40/h2,4-6,12-13,17,24H,3,7-11,14H2,1H3,(H,37,38)(H2,30,39,40)/p-1. The van der Waals surface area contributed by atoms with Gasteiger partial charge in [-0.2, -0.15) is 18.0 Å². The van der Waals surface area contributed by atoms with Gasteiger partial charge in [-0.1, -0.05) is 12.1 Å². The number of rotatable bonds is 9. The van der Waals surface area contributed by atoms with Gasteiger partial charge in [0.2, 0.25) is 15.9 Å². The quantitative estimate of drug-likeness (QED) is 0.278. The van der Waals surface area contributed by atoms with Gasteiger partial charge in [0.25, 0.3) is 0 Å². The number of likely N-dealkylation sites (tertiary alicyclic amines) is 1. The molecule has 1 fully saturated rings. The van der Waals surface area contributed by atoms with Crippen LogP contribution in [0, 0.1) is 18.7 Å². The first kappa shape index (κ1) is 31.7. The number of primary sulfonamides is 1. The number of carbonyl (C=O) groups is 1. The maximum atomic E-state index is 14.7. The van der Waals surface area contributed by atoms with Gasteiger partial charge in [0.15, 0.2) is 5.82 Å². The van der Waals surface area contributed by atoms with Gasteiger partial charge in [-0.05, 0) is 83.8 Å². The van der Waals surface area contributed by atoms with Crippen molar-refractivity contribution in [3.8, 4) is 0 Å². The zero-order chi connectivity index (χ0) is 30.8. The molecular weight excluding hydrogens is 604 g/mol. The van der Waals surface area contributed by atoms with Gasteiger partial charge in [-0.25, -0.2) is 17.9 Å². The number of sulfonamides is 1. The summed E-state index contributed by atoms with van der Waals surface area (Å²) in [6.07, 6.45) is -3.94. The summed E-state index contributed by atoms with van der Waals surface area (Å²) in [5, 5.41) is 15.3. The highest BCUT2D eigenvalue weighted by Gasteiger charge is 2.33. The third-order valence-electron chi connectivity index (χ3n) is 7.14. The van der Waals surface area contributed by atoms with Crippen LogP contribution in [-0.2, 0) is 45.0 Å². The largest absolute Gasteiger partial charge is 0.772 e. The van der Waals surface area contributed by atoms with Crippen molar-refractivity contribution in [3.05, 3.63) is 70.3 Å². The Morgan fingerprint density at radius 2 is 1.86 bits per heavy atom. The highest BCUT2D eigenvalue weighted by molar-refractivity contribution is 7.89. The third-order valence-corrected chi connectivity index (χ3v) is 9.11. The number of halogens is 4. The van der Waals surface area contributed by atoms with Crippen LogP contribution in [0.4, 0.5) is 17.6 Å². The number of tetrazole rings is 1. The van der Waals surface area contributed by atoms with E-state index in [1.54, 1.807) is 6.92 Å². The summed E-state index contributed by atoms with van der Waals surface area (Å²) in [6.45, 7) is 1.91. The van der Waals surface area contributed by atoms with E-state index in [0.717, 1.165) is 24.3 Å². The third kappa shape index (κ3) is 7.56. The molecule has 42 heavy (non-hydrogen) atoms. The number of alkyl halides is 3. The molecule has 2 unspecified atom stereocenters. The summed E-state index contributed by atoms with van der Waals surface area (Å²) in [6, 6.07) is 6.09. The predicted octanol–water partition coefficient (Wildman–Crippen LogP) is 2.63. The number of nitrogens with zero attached hydrogens (tertiary/aromatic N) is 5. The number of amides is 1. The summed E-state index contributed by atoms with van der Waals surface area (Å²) < 4.78 is 102. The molecule has 2 N–H and O–H groups in total. The zero-order valence-electron chi connectivity index (χ0n) is 22.3. The molecule has 0 spiro atoms. The van der Waals surface area contributed by atoms with Crippen LogP contribution < -0.4 is 5.14 Å². The van der Waals surface area contributed by atoms with Crippen LogP contribution in [-0.4, -0.2) is 61.3 Å². The first-order valence-electron chi connectivity index (χ1n) is 12.7. The van der Waals surface area contributed by atoms with Gasteiger partial charge < -0.3 is 9.45 Å². The first-order chi connectivity index (χ1) is 19.6. The van der Waals surface area contributed by atoms with Gasteiger partial charge in [-0.3, -0.25) is 9.00 Å². The van der Waals surface area contributed by atoms with Crippen LogP contribution in [0.1, 0.15) is 52.6 Å². The second-order valence-electron chi connectivity index (χ2n) is 9.98. The molecule has 4 rings (SSSR count). The number of hydrogen-bond donors (Lipinski definition) is 1. The van der Waals surface area contributed by atoms with E-state index in [1.807, 2.05) is 0 Å². The fraction of sp³-hybridized carbons (Fsp3) is 0.440. The van der Waals surface area contributed by atoms with Crippen molar-refractivity contribution >= 4 is 27.0 Å². The number of aryl methyl sites for hydroxylation is 2. The zero-order valence-corrected chi connectivity index (χ0v) is 23.9. The fourth-order valence-corrected chi connectivity index (χ4v) is 6.53. The molecule has 11 nitrogen and oxygen atoms in total. The van der Waals surface area contributed by atoms with Crippen molar-refractivity contribution in [3.63, 3.8) is 0 Å². The van der Waals surface area contributed by atoms with Crippen LogP contribution in [0.2, 0.25) is 0 Å². The second-order valence-corrected chi connectivity index (χ2v) is 12.6. The van der Waals surface area contributed by atoms with Crippen molar-refractivity contribution in [1.29, 1.82) is 0 Å². The summed E-state index contributed by atoms with van der Waals surface area (Å²) in [5.41, 5.74) is -0.216. The van der Waals surface area contributed by atoms with E-state index in [1.165, 1.54) is 15.8 Å². The molecule has 0 bridgehead atoms. The lowest BCUT2D eigenvalue weighted by molar-refractivity contribution is -0.137. The molecule has 2 atom stereocenters. The van der Waals surface area contributed by atoms with Crippen LogP contribution >= 0.6 is 0 Å². The Kier molecular flexibility index (Phi) is 9.44. The van der Waals surface area contributed by atoms with Crippen LogP contribution in [0.25, 0.3) is 0 Å². The maximum Gasteiger partial charge on any atom is 0.416 e. The molecule has 2 aromatic carbocycles. The molecule has 1 aliphatic heterocycles. The SMILES string of the molecule is Cc1nnn(Cc2cc(C(F)(F)F)ccc2CCC(=O)N2CCC(C(c3ccc(S(N)(=O)=O)cc3F)S(=O)[O-])CC2)n1. The van der Waals surface area contributed by atoms with Crippen molar-refractivity contribution < 1.29 is 39.5 Å². The van der Waals surface area contributed by atoms with Gasteiger partial charge in [-0.15, -0.1) is 10.2 Å². The molecule has 1 aliphatic rings. The fourth-order valence-electron chi connectivity index (χ4n) is 5.02. The predicted molar refractivity (Wildman–Crippen MR) is 140 cm³/mol. The molecular formula is C25H27F4N6O5S2-. The molecule has 2 heterocycles. The monoisotopic (exact) mass is 631 g/mol. The van der Waals surface area contributed by atoms with Crippen molar-refractivity contribution in [1.82, 2.24) is 25.1 Å². The van der Waals surface area contributed by atoms with Gasteiger partial charge in [0.05, 0.1) is 22.3 Å². The smallest absolute Gasteiger partial charge is 0.416 e. The maximum absolute atomic E-state index is 14.7. The highest BCUT2D eigenvalue weighted by Crippen LogP contribution is 2.37. The molecule has 1 aromatic heterocycles. The Hall–Kier alpha value is -3.28. The minimum atomic E-state index is -4.56. The molecule has 1 saturated heterocycles. The van der Waals surface area contributed by atoms with E-state index < -0.39 is 54.7 Å². The lowest BCUT2D eigenvalue weighted by atomic mass is 9.89. The second kappa shape index (κ2) is 12.5. The number of nitrogens with two attached hydrogens (primary N) is 1. The lowest BCUT2D eigenvalue weighted by Crippen LogP contribution is -2.40. The normalized spacial score (nSPS) is 16.4. The molecule has 0 aliphatic carbocycles. The molecule has 228 valence electrons. The Morgan fingerprint density at radius 1 is 1.17 bits per heavy atom. The molecule has 0 radical (unpaired) electrons. The Balaban J connectivity index is 1.42. The van der Waals surface area contributed by atoms with Crippen LogP contribution in [0.3, 0.4) is 0 Å². The molecule has 17 heteroatoms. The Labute approximate surface area is 241 Å². The van der Waals surface area contributed by atoms with E-state index in [9.17, 15) is 39.5 Å². The Morgan fingerprint density at radius 3 is 2.40 bits per heavy atom. The number of hydrogen-bond acceptors (Lipinski definition) is 8. The van der Waals surface area contributed by atoms with E-state index >= 15 is 0 Å². The van der Waals surface area contributed by atoms with Crippen LogP contribution in [0.15, 0.2) is 41.3 Å². The van der Waals surface area contributed by atoms with Crippen molar-refractivity contribution in [2.75, 3.05) is 13.1 Å². The highest BCUT2D eigenvalue weighted by atomic mass is 32.2. The average Bonchev–Trinajstić information content (AvgIpc) is 3.32. The number of benzene rings is 2. The van der Waals surface area contributed by atoms with Crippen molar-refractivity contribution in [2.24, 2.45) is 11.1 Å². The average molecular weight is 632 g/mol. The molecule has 0 saturated carbocycles. The van der Waals surface area contributed by atoms with Crippen molar-refractivity contribution in [2.45, 2.75) is 55.5 Å². The first-order valence-corrected chi connectivity index (χ1v) is 15.4. The Bertz CT molecular complexity index is 1590. The topological polar surface area (TPSA) is 164 Å². The van der Waals surface area contributed by atoms with E-state index in [0.29, 0.717) is 23.0 Å².